The zero-order valence-corrected chi connectivity index (χ0v) is 11.5. The quantitative estimate of drug-likeness (QED) is 0.734. The molecule has 0 N–H and O–H groups in total. The molecule has 19 heavy (non-hydrogen) atoms. The maximum absolute atomic E-state index is 13.8. The molecule has 0 aliphatic rings. The minimum Gasteiger partial charge on any atom is -0.288 e. The molecule has 0 saturated carbocycles. The predicted octanol–water partition coefficient (Wildman–Crippen LogP) is 4.83. The van der Waals surface area contributed by atoms with Gasteiger partial charge in [-0.3, -0.25) is 4.79 Å². The fraction of sp³-hybridized carbons (Fsp3) is 0.188. The number of halogens is 2. The second-order valence-electron chi connectivity index (χ2n) is 4.71. The number of rotatable bonds is 3. The molecule has 0 amide bonds. The minimum atomic E-state index is -0.665. The molecular formula is C16H14ClFO. The van der Waals surface area contributed by atoms with Crippen molar-refractivity contribution < 1.29 is 9.18 Å². The molecule has 2 aromatic rings. The van der Waals surface area contributed by atoms with Gasteiger partial charge in [0.15, 0.2) is 11.6 Å². The van der Waals surface area contributed by atoms with Crippen LogP contribution in [0.15, 0.2) is 42.5 Å². The van der Waals surface area contributed by atoms with Crippen molar-refractivity contribution in [3.8, 4) is 0 Å². The Morgan fingerprint density at radius 1 is 1.11 bits per heavy atom. The number of hydrogen-bond donors (Lipinski definition) is 0. The van der Waals surface area contributed by atoms with E-state index in [2.05, 4.69) is 13.8 Å². The van der Waals surface area contributed by atoms with E-state index in [1.807, 2.05) is 12.1 Å². The number of carbonyl (C=O) groups excluding carboxylic acids is 1. The van der Waals surface area contributed by atoms with Crippen LogP contribution in [0.5, 0.6) is 0 Å². The van der Waals surface area contributed by atoms with Gasteiger partial charge in [0, 0.05) is 5.56 Å². The van der Waals surface area contributed by atoms with Crippen molar-refractivity contribution >= 4 is 17.4 Å². The molecule has 2 rings (SSSR count). The zero-order valence-electron chi connectivity index (χ0n) is 10.8. The second kappa shape index (κ2) is 5.54. The highest BCUT2D eigenvalue weighted by Gasteiger charge is 2.15. The Morgan fingerprint density at radius 3 is 2.32 bits per heavy atom. The van der Waals surface area contributed by atoms with E-state index in [9.17, 15) is 9.18 Å². The molecular weight excluding hydrogens is 263 g/mol. The highest BCUT2D eigenvalue weighted by Crippen LogP contribution is 2.22. The SMILES string of the molecule is CC(C)c1ccc(C(=O)c2cccc(Cl)c2F)cc1. The van der Waals surface area contributed by atoms with Crippen LogP contribution in [-0.2, 0) is 0 Å². The van der Waals surface area contributed by atoms with E-state index < -0.39 is 5.82 Å². The van der Waals surface area contributed by atoms with Gasteiger partial charge in [0.25, 0.3) is 0 Å². The second-order valence-corrected chi connectivity index (χ2v) is 5.11. The van der Waals surface area contributed by atoms with Gasteiger partial charge in [0.2, 0.25) is 0 Å². The van der Waals surface area contributed by atoms with Gasteiger partial charge in [-0.25, -0.2) is 4.39 Å². The van der Waals surface area contributed by atoms with Gasteiger partial charge in [0.05, 0.1) is 10.6 Å². The first-order chi connectivity index (χ1) is 9.00. The van der Waals surface area contributed by atoms with Gasteiger partial charge in [0.1, 0.15) is 0 Å². The Bertz CT molecular complexity index is 603. The third-order valence-corrected chi connectivity index (χ3v) is 3.33. The molecule has 0 aliphatic carbocycles. The van der Waals surface area contributed by atoms with Gasteiger partial charge >= 0.3 is 0 Å². The standard InChI is InChI=1S/C16H14ClFO/c1-10(2)11-6-8-12(9-7-11)16(19)13-4-3-5-14(17)15(13)18/h3-10H,1-2H3. The number of ketones is 1. The summed E-state index contributed by atoms with van der Waals surface area (Å²) in [5, 5.41) is -0.0374. The van der Waals surface area contributed by atoms with E-state index in [-0.39, 0.29) is 16.4 Å². The minimum absolute atomic E-state index is 0.00444. The smallest absolute Gasteiger partial charge is 0.196 e. The molecule has 0 unspecified atom stereocenters. The lowest BCUT2D eigenvalue weighted by atomic mass is 9.98. The average Bonchev–Trinajstić information content (AvgIpc) is 2.41. The first-order valence-corrected chi connectivity index (χ1v) is 6.47. The summed E-state index contributed by atoms with van der Waals surface area (Å²) in [6, 6.07) is 11.7. The van der Waals surface area contributed by atoms with Gasteiger partial charge in [-0.05, 0) is 23.6 Å². The van der Waals surface area contributed by atoms with Crippen LogP contribution in [0.4, 0.5) is 4.39 Å². The number of carbonyl (C=O) groups is 1. The van der Waals surface area contributed by atoms with Crippen LogP contribution in [0.2, 0.25) is 5.02 Å². The van der Waals surface area contributed by atoms with E-state index in [1.54, 1.807) is 18.2 Å². The third kappa shape index (κ3) is 2.85. The fourth-order valence-corrected chi connectivity index (χ4v) is 2.03. The molecule has 0 aliphatic heterocycles. The van der Waals surface area contributed by atoms with Crippen LogP contribution < -0.4 is 0 Å². The third-order valence-electron chi connectivity index (χ3n) is 3.04. The van der Waals surface area contributed by atoms with Gasteiger partial charge in [-0.15, -0.1) is 0 Å². The summed E-state index contributed by atoms with van der Waals surface area (Å²) in [5.41, 5.74) is 1.61. The summed E-state index contributed by atoms with van der Waals surface area (Å²) >= 11 is 5.68. The number of hydrogen-bond acceptors (Lipinski definition) is 1. The lowest BCUT2D eigenvalue weighted by Gasteiger charge is -2.07. The van der Waals surface area contributed by atoms with Gasteiger partial charge < -0.3 is 0 Å². The normalized spacial score (nSPS) is 10.8. The van der Waals surface area contributed by atoms with Crippen molar-refractivity contribution in [1.82, 2.24) is 0 Å². The maximum Gasteiger partial charge on any atom is 0.196 e. The Kier molecular flexibility index (Phi) is 4.01. The van der Waals surface area contributed by atoms with E-state index in [0.717, 1.165) is 5.56 Å². The van der Waals surface area contributed by atoms with Crippen molar-refractivity contribution in [2.45, 2.75) is 19.8 Å². The summed E-state index contributed by atoms with van der Waals surface area (Å²) in [7, 11) is 0. The topological polar surface area (TPSA) is 17.1 Å². The average molecular weight is 277 g/mol. The molecule has 0 bridgehead atoms. The summed E-state index contributed by atoms with van der Waals surface area (Å²) in [4.78, 5) is 12.2. The van der Waals surface area contributed by atoms with Crippen LogP contribution in [0.25, 0.3) is 0 Å². The Balaban J connectivity index is 2.36. The summed E-state index contributed by atoms with van der Waals surface area (Å²) in [6.45, 7) is 4.15. The highest BCUT2D eigenvalue weighted by molar-refractivity contribution is 6.31. The van der Waals surface area contributed by atoms with Crippen molar-refractivity contribution in [3.63, 3.8) is 0 Å². The van der Waals surface area contributed by atoms with Crippen LogP contribution in [-0.4, -0.2) is 5.78 Å². The Hall–Kier alpha value is -1.67. The summed E-state index contributed by atoms with van der Waals surface area (Å²) in [6.07, 6.45) is 0. The first kappa shape index (κ1) is 13.8. The molecule has 2 aromatic carbocycles. The Labute approximate surface area is 117 Å². The molecule has 0 saturated heterocycles. The monoisotopic (exact) mass is 276 g/mol. The first-order valence-electron chi connectivity index (χ1n) is 6.09. The molecule has 0 atom stereocenters. The van der Waals surface area contributed by atoms with Crippen LogP contribution in [0.3, 0.4) is 0 Å². The Morgan fingerprint density at radius 2 is 1.74 bits per heavy atom. The van der Waals surface area contributed by atoms with E-state index in [4.69, 9.17) is 11.6 Å². The van der Waals surface area contributed by atoms with Crippen LogP contribution in [0, 0.1) is 5.82 Å². The van der Waals surface area contributed by atoms with E-state index in [0.29, 0.717) is 11.5 Å². The molecule has 0 aromatic heterocycles. The molecule has 0 spiro atoms. The molecule has 0 fully saturated rings. The van der Waals surface area contributed by atoms with Crippen molar-refractivity contribution in [3.05, 3.63) is 70.0 Å². The van der Waals surface area contributed by atoms with Crippen molar-refractivity contribution in [2.24, 2.45) is 0 Å². The number of benzene rings is 2. The molecule has 0 radical (unpaired) electrons. The summed E-state index contributed by atoms with van der Waals surface area (Å²) < 4.78 is 13.8. The molecule has 98 valence electrons. The highest BCUT2D eigenvalue weighted by atomic mass is 35.5. The lowest BCUT2D eigenvalue weighted by Crippen LogP contribution is -2.04. The van der Waals surface area contributed by atoms with Crippen LogP contribution >= 0.6 is 11.6 Å². The predicted molar refractivity (Wildman–Crippen MR) is 75.4 cm³/mol. The van der Waals surface area contributed by atoms with Gasteiger partial charge in [-0.1, -0.05) is 55.8 Å². The molecule has 0 heterocycles. The molecule has 3 heteroatoms. The lowest BCUT2D eigenvalue weighted by molar-refractivity contribution is 0.103. The van der Waals surface area contributed by atoms with Crippen molar-refractivity contribution in [2.75, 3.05) is 0 Å². The largest absolute Gasteiger partial charge is 0.288 e. The van der Waals surface area contributed by atoms with E-state index in [1.165, 1.54) is 12.1 Å². The van der Waals surface area contributed by atoms with Gasteiger partial charge in [-0.2, -0.15) is 0 Å². The zero-order chi connectivity index (χ0) is 14.0. The van der Waals surface area contributed by atoms with Crippen LogP contribution in [0.1, 0.15) is 41.3 Å². The summed E-state index contributed by atoms with van der Waals surface area (Å²) in [5.74, 6) is -0.621. The fourth-order valence-electron chi connectivity index (χ4n) is 1.85. The van der Waals surface area contributed by atoms with Crippen molar-refractivity contribution in [1.29, 1.82) is 0 Å². The van der Waals surface area contributed by atoms with E-state index >= 15 is 0 Å². The maximum atomic E-state index is 13.8. The molecule has 1 nitrogen and oxygen atoms in total.